The summed E-state index contributed by atoms with van der Waals surface area (Å²) in [6.45, 7) is 3.22. The highest BCUT2D eigenvalue weighted by Crippen LogP contribution is 2.37. The number of aryl methyl sites for hydroxylation is 1. The van der Waals surface area contributed by atoms with Gasteiger partial charge in [-0.25, -0.2) is 0 Å². The molecule has 0 saturated carbocycles. The first-order valence-electron chi connectivity index (χ1n) is 11.7. The number of fused-ring (bicyclic) bond motifs is 1. The van der Waals surface area contributed by atoms with Crippen molar-refractivity contribution in [2.75, 3.05) is 23.8 Å². The maximum Gasteiger partial charge on any atom is 0.325 e. The van der Waals surface area contributed by atoms with Gasteiger partial charge in [0.05, 0.1) is 12.3 Å². The summed E-state index contributed by atoms with van der Waals surface area (Å²) in [4.78, 5) is 56.2. The van der Waals surface area contributed by atoms with Crippen LogP contribution in [0.25, 0.3) is 10.9 Å². The van der Waals surface area contributed by atoms with Gasteiger partial charge in [-0.1, -0.05) is 36.4 Å². The van der Waals surface area contributed by atoms with Gasteiger partial charge < -0.3 is 26.5 Å². The van der Waals surface area contributed by atoms with Crippen molar-refractivity contribution >= 4 is 57.5 Å². The molecule has 0 bridgehead atoms. The van der Waals surface area contributed by atoms with E-state index >= 15 is 0 Å². The van der Waals surface area contributed by atoms with Crippen LogP contribution in [0.1, 0.15) is 44.3 Å². The SMILES string of the molecule is CCOC(=O)CNC(=O)[C@H](c1c[nH]c2ccccc12)N(C(=O)c1snc(C(N)=O)c1N)c1ccccc1C. The number of nitrogens with two attached hydrogens (primary N) is 2. The number of benzene rings is 2. The van der Waals surface area contributed by atoms with E-state index in [9.17, 15) is 19.2 Å². The van der Waals surface area contributed by atoms with E-state index in [1.807, 2.05) is 24.3 Å². The van der Waals surface area contributed by atoms with Crippen LogP contribution in [-0.4, -0.2) is 46.2 Å². The second kappa shape index (κ2) is 11.1. The summed E-state index contributed by atoms with van der Waals surface area (Å²) >= 11 is 0.716. The van der Waals surface area contributed by atoms with Crippen molar-refractivity contribution in [3.63, 3.8) is 0 Å². The molecule has 0 spiro atoms. The highest BCUT2D eigenvalue weighted by Gasteiger charge is 2.38. The Labute approximate surface area is 221 Å². The molecule has 2 aromatic heterocycles. The summed E-state index contributed by atoms with van der Waals surface area (Å²) in [6, 6.07) is 13.1. The van der Waals surface area contributed by atoms with Crippen molar-refractivity contribution in [1.29, 1.82) is 0 Å². The molecule has 0 radical (unpaired) electrons. The Morgan fingerprint density at radius 2 is 1.84 bits per heavy atom. The van der Waals surface area contributed by atoms with Crippen molar-refractivity contribution in [3.8, 4) is 0 Å². The molecule has 196 valence electrons. The molecule has 0 aliphatic heterocycles. The molecule has 38 heavy (non-hydrogen) atoms. The number of hydrogen-bond donors (Lipinski definition) is 4. The number of amides is 3. The number of nitrogen functional groups attached to an aromatic ring is 1. The van der Waals surface area contributed by atoms with Crippen LogP contribution in [0.2, 0.25) is 0 Å². The zero-order valence-corrected chi connectivity index (χ0v) is 21.5. The smallest absolute Gasteiger partial charge is 0.325 e. The number of ether oxygens (including phenoxy) is 1. The van der Waals surface area contributed by atoms with Crippen LogP contribution in [-0.2, 0) is 14.3 Å². The quantitative estimate of drug-likeness (QED) is 0.239. The molecule has 2 heterocycles. The summed E-state index contributed by atoms with van der Waals surface area (Å²) in [7, 11) is 0. The third kappa shape index (κ3) is 5.06. The lowest BCUT2D eigenvalue weighted by atomic mass is 10.0. The number of nitrogens with one attached hydrogen (secondary N) is 2. The van der Waals surface area contributed by atoms with Crippen LogP contribution in [0, 0.1) is 6.92 Å². The van der Waals surface area contributed by atoms with Crippen LogP contribution < -0.4 is 21.7 Å². The number of hydrogen-bond acceptors (Lipinski definition) is 8. The van der Waals surface area contributed by atoms with Gasteiger partial charge in [0.2, 0.25) is 5.91 Å². The van der Waals surface area contributed by atoms with Gasteiger partial charge in [-0.15, -0.1) is 0 Å². The number of aromatic nitrogens is 2. The molecule has 0 aliphatic carbocycles. The molecule has 4 aromatic rings. The number of nitrogens with zero attached hydrogens (tertiary/aromatic N) is 2. The fraction of sp³-hybridized carbons (Fsp3) is 0.192. The number of aromatic amines is 1. The summed E-state index contributed by atoms with van der Waals surface area (Å²) in [5.41, 5.74) is 13.4. The molecule has 6 N–H and O–H groups in total. The van der Waals surface area contributed by atoms with E-state index in [1.54, 1.807) is 44.3 Å². The number of esters is 1. The van der Waals surface area contributed by atoms with Gasteiger partial charge in [0.1, 0.15) is 17.5 Å². The van der Waals surface area contributed by atoms with Gasteiger partial charge in [0.15, 0.2) is 5.69 Å². The minimum absolute atomic E-state index is 0.0508. The zero-order valence-electron chi connectivity index (χ0n) is 20.7. The van der Waals surface area contributed by atoms with Crippen molar-refractivity contribution in [2.24, 2.45) is 5.73 Å². The fourth-order valence-electron chi connectivity index (χ4n) is 4.12. The van der Waals surface area contributed by atoms with E-state index < -0.39 is 36.3 Å². The number of primary amides is 1. The topological polar surface area (TPSA) is 174 Å². The highest BCUT2D eigenvalue weighted by molar-refractivity contribution is 7.09. The van der Waals surface area contributed by atoms with E-state index in [-0.39, 0.29) is 22.9 Å². The third-order valence-electron chi connectivity index (χ3n) is 5.88. The maximum absolute atomic E-state index is 14.2. The summed E-state index contributed by atoms with van der Waals surface area (Å²) in [5, 5.41) is 3.29. The average molecular weight is 535 g/mol. The number of anilines is 2. The van der Waals surface area contributed by atoms with Crippen LogP contribution in [0.3, 0.4) is 0 Å². The molecule has 0 saturated heterocycles. The first-order valence-corrected chi connectivity index (χ1v) is 12.4. The molecular formula is C26H26N6O5S. The molecule has 0 unspecified atom stereocenters. The number of para-hydroxylation sites is 2. The van der Waals surface area contributed by atoms with Crippen molar-refractivity contribution in [1.82, 2.24) is 14.7 Å². The van der Waals surface area contributed by atoms with E-state index in [1.165, 1.54) is 4.90 Å². The first-order chi connectivity index (χ1) is 18.2. The third-order valence-corrected chi connectivity index (χ3v) is 6.74. The highest BCUT2D eigenvalue weighted by atomic mass is 32.1. The molecule has 0 fully saturated rings. The Bertz CT molecular complexity index is 1530. The predicted molar refractivity (Wildman–Crippen MR) is 144 cm³/mol. The molecular weight excluding hydrogens is 508 g/mol. The molecule has 3 amide bonds. The summed E-state index contributed by atoms with van der Waals surface area (Å²) < 4.78 is 8.91. The van der Waals surface area contributed by atoms with Crippen LogP contribution in [0.4, 0.5) is 11.4 Å². The minimum Gasteiger partial charge on any atom is -0.465 e. The lowest BCUT2D eigenvalue weighted by Gasteiger charge is -2.32. The number of rotatable bonds is 9. The standard InChI is InChI=1S/C26H26N6O5S/c1-3-37-19(33)13-30-25(35)22(16-12-29-17-10-6-5-9-15(16)17)32(18-11-7-4-8-14(18)2)26(36)23-20(27)21(24(28)34)31-38-23/h4-12,22,29H,3,13,27H2,1-2H3,(H2,28,34)(H,30,35)/t22-/m0/s1. The van der Waals surface area contributed by atoms with E-state index in [0.29, 0.717) is 33.7 Å². The van der Waals surface area contributed by atoms with Gasteiger partial charge in [0.25, 0.3) is 11.8 Å². The average Bonchev–Trinajstić information content (AvgIpc) is 3.50. The second-order valence-electron chi connectivity index (χ2n) is 8.31. The number of carbonyl (C=O) groups excluding carboxylic acids is 4. The Kier molecular flexibility index (Phi) is 7.72. The van der Waals surface area contributed by atoms with Crippen LogP contribution in [0.15, 0.2) is 54.7 Å². The van der Waals surface area contributed by atoms with E-state index in [0.717, 1.165) is 5.52 Å². The fourth-order valence-corrected chi connectivity index (χ4v) is 4.87. The normalized spacial score (nSPS) is 11.6. The summed E-state index contributed by atoms with van der Waals surface area (Å²) in [5.74, 6) is -2.79. The van der Waals surface area contributed by atoms with Gasteiger partial charge in [0, 0.05) is 28.4 Å². The summed E-state index contributed by atoms with van der Waals surface area (Å²) in [6.07, 6.45) is 1.64. The monoisotopic (exact) mass is 534 g/mol. The molecule has 0 aliphatic rings. The lowest BCUT2D eigenvalue weighted by molar-refractivity contribution is -0.143. The van der Waals surface area contributed by atoms with Crippen LogP contribution in [0.5, 0.6) is 0 Å². The maximum atomic E-state index is 14.2. The minimum atomic E-state index is -1.24. The molecule has 11 nitrogen and oxygen atoms in total. The first kappa shape index (κ1) is 26.4. The van der Waals surface area contributed by atoms with Crippen molar-refractivity contribution in [2.45, 2.75) is 19.9 Å². The zero-order chi connectivity index (χ0) is 27.4. The number of H-pyrrole nitrogens is 1. The van der Waals surface area contributed by atoms with Gasteiger partial charge in [-0.05, 0) is 43.1 Å². The largest absolute Gasteiger partial charge is 0.465 e. The van der Waals surface area contributed by atoms with E-state index in [2.05, 4.69) is 14.7 Å². The Morgan fingerprint density at radius 3 is 2.53 bits per heavy atom. The van der Waals surface area contributed by atoms with Gasteiger partial charge >= 0.3 is 5.97 Å². The molecule has 2 aromatic carbocycles. The Hall–Kier alpha value is -4.71. The van der Waals surface area contributed by atoms with Crippen molar-refractivity contribution < 1.29 is 23.9 Å². The predicted octanol–water partition coefficient (Wildman–Crippen LogP) is 2.68. The number of carbonyl (C=O) groups is 4. The van der Waals surface area contributed by atoms with Crippen molar-refractivity contribution in [3.05, 3.63) is 76.4 Å². The Balaban J connectivity index is 1.90. The van der Waals surface area contributed by atoms with Crippen LogP contribution >= 0.6 is 11.5 Å². The lowest BCUT2D eigenvalue weighted by Crippen LogP contribution is -2.45. The second-order valence-corrected chi connectivity index (χ2v) is 9.09. The Morgan fingerprint density at radius 1 is 1.13 bits per heavy atom. The van der Waals surface area contributed by atoms with Gasteiger partial charge in [-0.3, -0.25) is 24.1 Å². The molecule has 1 atom stereocenters. The molecule has 12 heteroatoms. The van der Waals surface area contributed by atoms with Gasteiger partial charge in [-0.2, -0.15) is 4.37 Å². The molecule has 4 rings (SSSR count). The van der Waals surface area contributed by atoms with E-state index in [4.69, 9.17) is 16.2 Å².